The first-order valence-corrected chi connectivity index (χ1v) is 5.96. The fraction of sp³-hybridized carbons (Fsp3) is 0.818. The Bertz CT molecular complexity index is 365. The molecule has 0 bridgehead atoms. The quantitative estimate of drug-likeness (QED) is 0.859. The summed E-state index contributed by atoms with van der Waals surface area (Å²) in [7, 11) is 0. The highest BCUT2D eigenvalue weighted by molar-refractivity contribution is 4.96. The molecule has 7 heteroatoms. The molecule has 0 fully saturated rings. The van der Waals surface area contributed by atoms with Gasteiger partial charge in [-0.1, -0.05) is 19.0 Å². The van der Waals surface area contributed by atoms with Gasteiger partial charge in [-0.15, -0.1) is 0 Å². The van der Waals surface area contributed by atoms with Crippen LogP contribution in [0.15, 0.2) is 4.52 Å². The normalized spacial score (nSPS) is 15.7. The minimum atomic E-state index is -4.19. The lowest BCUT2D eigenvalue weighted by Gasteiger charge is -2.16. The summed E-state index contributed by atoms with van der Waals surface area (Å²) in [6.07, 6.45) is -5.36. The van der Waals surface area contributed by atoms with Gasteiger partial charge in [-0.2, -0.15) is 18.2 Å². The number of hydrogen-bond donors (Lipinski definition) is 1. The first-order valence-electron chi connectivity index (χ1n) is 5.96. The number of alkyl halides is 3. The summed E-state index contributed by atoms with van der Waals surface area (Å²) in [5.74, 6) is 0.454. The SMILES string of the molecule is CCNC(C)C(C)c1nc(CCC(F)(F)F)no1. The Labute approximate surface area is 104 Å². The van der Waals surface area contributed by atoms with Crippen LogP contribution in [0.1, 0.15) is 44.8 Å². The summed E-state index contributed by atoms with van der Waals surface area (Å²) in [6.45, 7) is 6.65. The van der Waals surface area contributed by atoms with Crippen LogP contribution >= 0.6 is 0 Å². The Kier molecular flexibility index (Phi) is 5.13. The van der Waals surface area contributed by atoms with Crippen molar-refractivity contribution < 1.29 is 17.7 Å². The largest absolute Gasteiger partial charge is 0.389 e. The lowest BCUT2D eigenvalue weighted by molar-refractivity contribution is -0.134. The van der Waals surface area contributed by atoms with Gasteiger partial charge in [0.15, 0.2) is 5.82 Å². The Hall–Kier alpha value is -1.11. The molecule has 0 aromatic carbocycles. The monoisotopic (exact) mass is 265 g/mol. The van der Waals surface area contributed by atoms with E-state index in [0.717, 1.165) is 6.54 Å². The van der Waals surface area contributed by atoms with Crippen LogP contribution in [0.4, 0.5) is 13.2 Å². The zero-order valence-corrected chi connectivity index (χ0v) is 10.7. The topological polar surface area (TPSA) is 51.0 Å². The summed E-state index contributed by atoms with van der Waals surface area (Å²) in [5, 5.41) is 6.77. The fourth-order valence-corrected chi connectivity index (χ4v) is 1.52. The predicted molar refractivity (Wildman–Crippen MR) is 60.2 cm³/mol. The van der Waals surface area contributed by atoms with Crippen LogP contribution in [0, 0.1) is 0 Å². The standard InChI is InChI=1S/C11H18F3N3O/c1-4-15-8(3)7(2)10-16-9(17-18-10)5-6-11(12,13)14/h7-8,15H,4-6H2,1-3H3. The van der Waals surface area contributed by atoms with Gasteiger partial charge in [-0.05, 0) is 13.5 Å². The molecule has 1 aromatic heterocycles. The Morgan fingerprint density at radius 3 is 2.56 bits per heavy atom. The van der Waals surface area contributed by atoms with Gasteiger partial charge >= 0.3 is 6.18 Å². The summed E-state index contributed by atoms with van der Waals surface area (Å²) in [6, 6.07) is 0.130. The number of aromatic nitrogens is 2. The fourth-order valence-electron chi connectivity index (χ4n) is 1.52. The second-order valence-corrected chi connectivity index (χ2v) is 4.30. The van der Waals surface area contributed by atoms with Gasteiger partial charge in [-0.3, -0.25) is 0 Å². The van der Waals surface area contributed by atoms with Crippen LogP contribution in [0.3, 0.4) is 0 Å². The maximum absolute atomic E-state index is 12.0. The number of aryl methyl sites for hydroxylation is 1. The number of rotatable bonds is 6. The molecule has 1 aromatic rings. The molecule has 0 aliphatic carbocycles. The third-order valence-electron chi connectivity index (χ3n) is 2.78. The molecule has 4 nitrogen and oxygen atoms in total. The second kappa shape index (κ2) is 6.17. The number of likely N-dealkylation sites (N-methyl/N-ethyl adjacent to an activating group) is 1. The highest BCUT2D eigenvalue weighted by atomic mass is 19.4. The van der Waals surface area contributed by atoms with Crippen molar-refractivity contribution in [1.29, 1.82) is 0 Å². The molecule has 1 rings (SSSR count). The summed E-state index contributed by atoms with van der Waals surface area (Å²) in [4.78, 5) is 4.00. The van der Waals surface area contributed by atoms with Gasteiger partial charge in [0, 0.05) is 12.5 Å². The maximum Gasteiger partial charge on any atom is 0.389 e. The second-order valence-electron chi connectivity index (χ2n) is 4.30. The lowest BCUT2D eigenvalue weighted by atomic mass is 10.0. The molecule has 0 saturated carbocycles. The number of hydrogen-bond acceptors (Lipinski definition) is 4. The molecule has 2 atom stereocenters. The van der Waals surface area contributed by atoms with Gasteiger partial charge in [0.1, 0.15) is 0 Å². The van der Waals surface area contributed by atoms with Gasteiger partial charge in [0.05, 0.1) is 12.3 Å². The Balaban J connectivity index is 2.57. The van der Waals surface area contributed by atoms with E-state index in [0.29, 0.717) is 5.89 Å². The van der Waals surface area contributed by atoms with Crippen molar-refractivity contribution in [3.8, 4) is 0 Å². The van der Waals surface area contributed by atoms with Crippen LogP contribution in [-0.4, -0.2) is 28.9 Å². The molecule has 0 aliphatic heterocycles. The van der Waals surface area contributed by atoms with E-state index in [1.54, 1.807) is 0 Å². The van der Waals surface area contributed by atoms with E-state index in [1.165, 1.54) is 0 Å². The van der Waals surface area contributed by atoms with Crippen LogP contribution in [0.5, 0.6) is 0 Å². The summed E-state index contributed by atoms with van der Waals surface area (Å²) >= 11 is 0. The predicted octanol–water partition coefficient (Wildman–Crippen LogP) is 2.67. The zero-order chi connectivity index (χ0) is 13.8. The Morgan fingerprint density at radius 1 is 1.33 bits per heavy atom. The van der Waals surface area contributed by atoms with Crippen LogP contribution in [-0.2, 0) is 6.42 Å². The third-order valence-corrected chi connectivity index (χ3v) is 2.78. The van der Waals surface area contributed by atoms with Crippen molar-refractivity contribution >= 4 is 0 Å². The van der Waals surface area contributed by atoms with Crippen molar-refractivity contribution in [1.82, 2.24) is 15.5 Å². The van der Waals surface area contributed by atoms with Gasteiger partial charge < -0.3 is 9.84 Å². The molecule has 2 unspecified atom stereocenters. The van der Waals surface area contributed by atoms with Crippen molar-refractivity contribution in [2.45, 2.75) is 51.7 Å². The van der Waals surface area contributed by atoms with Crippen LogP contribution in [0.25, 0.3) is 0 Å². The van der Waals surface area contributed by atoms with Gasteiger partial charge in [0.2, 0.25) is 5.89 Å². The first kappa shape index (κ1) is 14.9. The number of nitrogens with one attached hydrogen (secondary N) is 1. The summed E-state index contributed by atoms with van der Waals surface area (Å²) < 4.78 is 41.1. The van der Waals surface area contributed by atoms with Crippen molar-refractivity contribution in [2.24, 2.45) is 0 Å². The van der Waals surface area contributed by atoms with Crippen LogP contribution < -0.4 is 5.32 Å². The molecule has 0 radical (unpaired) electrons. The van der Waals surface area contributed by atoms with Gasteiger partial charge in [-0.25, -0.2) is 0 Å². The van der Waals surface area contributed by atoms with Gasteiger partial charge in [0.25, 0.3) is 0 Å². The third kappa shape index (κ3) is 4.64. The molecule has 1 N–H and O–H groups in total. The molecule has 1 heterocycles. The number of halogens is 3. The smallest absolute Gasteiger partial charge is 0.339 e. The molecular weight excluding hydrogens is 247 g/mol. The molecule has 0 saturated heterocycles. The first-order chi connectivity index (χ1) is 8.33. The highest BCUT2D eigenvalue weighted by Crippen LogP contribution is 2.22. The van der Waals surface area contributed by atoms with Crippen molar-refractivity contribution in [2.75, 3.05) is 6.54 Å². The van der Waals surface area contributed by atoms with E-state index in [4.69, 9.17) is 4.52 Å². The highest BCUT2D eigenvalue weighted by Gasteiger charge is 2.28. The van der Waals surface area contributed by atoms with Crippen LogP contribution in [0.2, 0.25) is 0 Å². The Morgan fingerprint density at radius 2 is 2.00 bits per heavy atom. The maximum atomic E-state index is 12.0. The molecule has 104 valence electrons. The van der Waals surface area contributed by atoms with Crippen molar-refractivity contribution in [3.63, 3.8) is 0 Å². The van der Waals surface area contributed by atoms with E-state index in [1.807, 2.05) is 20.8 Å². The van der Waals surface area contributed by atoms with E-state index in [2.05, 4.69) is 15.5 Å². The summed E-state index contributed by atoms with van der Waals surface area (Å²) in [5.41, 5.74) is 0. The molecular formula is C11H18F3N3O. The molecule has 0 aliphatic rings. The number of nitrogens with zero attached hydrogens (tertiary/aromatic N) is 2. The molecule has 18 heavy (non-hydrogen) atoms. The average Bonchev–Trinajstić information content (AvgIpc) is 2.73. The lowest BCUT2D eigenvalue weighted by Crippen LogP contribution is -2.30. The average molecular weight is 265 g/mol. The minimum absolute atomic E-state index is 0.0305. The zero-order valence-electron chi connectivity index (χ0n) is 10.7. The van der Waals surface area contributed by atoms with E-state index in [-0.39, 0.29) is 24.2 Å². The van der Waals surface area contributed by atoms with E-state index >= 15 is 0 Å². The minimum Gasteiger partial charge on any atom is -0.339 e. The van der Waals surface area contributed by atoms with E-state index < -0.39 is 12.6 Å². The molecule has 0 spiro atoms. The van der Waals surface area contributed by atoms with Crippen molar-refractivity contribution in [3.05, 3.63) is 11.7 Å². The molecule has 0 amide bonds. The van der Waals surface area contributed by atoms with E-state index in [9.17, 15) is 13.2 Å².